The number of aryl methyl sites for hydroxylation is 1. The van der Waals surface area contributed by atoms with Gasteiger partial charge in [-0.05, 0) is 19.1 Å². The van der Waals surface area contributed by atoms with Crippen LogP contribution in [0.3, 0.4) is 0 Å². The number of amides is 1. The maximum absolute atomic E-state index is 12.0. The van der Waals surface area contributed by atoms with Crippen molar-refractivity contribution >= 4 is 38.6 Å². The first kappa shape index (κ1) is 13.5. The number of fused-ring (bicyclic) bond motifs is 1. The predicted octanol–water partition coefficient (Wildman–Crippen LogP) is 2.26. The maximum Gasteiger partial charge on any atom is 0.411 e. The third-order valence-electron chi connectivity index (χ3n) is 2.50. The quantitative estimate of drug-likeness (QED) is 0.919. The van der Waals surface area contributed by atoms with Crippen LogP contribution in [-0.2, 0) is 11.8 Å². The van der Waals surface area contributed by atoms with Crippen LogP contribution in [-0.4, -0.2) is 22.3 Å². The molecule has 0 saturated heterocycles. The van der Waals surface area contributed by atoms with E-state index in [4.69, 9.17) is 4.74 Å². The Kier molecular flexibility index (Phi) is 3.84. The molecule has 0 radical (unpaired) electrons. The number of carbonyl (C=O) groups is 1. The van der Waals surface area contributed by atoms with Gasteiger partial charge < -0.3 is 9.30 Å². The Morgan fingerprint density at radius 1 is 1.53 bits per heavy atom. The summed E-state index contributed by atoms with van der Waals surface area (Å²) in [5, 5.41) is 2.99. The Bertz CT molecular complexity index is 696. The zero-order chi connectivity index (χ0) is 14.0. The van der Waals surface area contributed by atoms with Crippen molar-refractivity contribution in [2.45, 2.75) is 6.92 Å². The lowest BCUT2D eigenvalue weighted by Crippen LogP contribution is -2.19. The van der Waals surface area contributed by atoms with Crippen molar-refractivity contribution in [1.82, 2.24) is 9.55 Å². The Morgan fingerprint density at radius 3 is 2.95 bits per heavy atom. The number of benzene rings is 1. The largest absolute Gasteiger partial charge is 0.450 e. The summed E-state index contributed by atoms with van der Waals surface area (Å²) in [5.74, 6) is 0. The van der Waals surface area contributed by atoms with Crippen LogP contribution in [0.1, 0.15) is 6.92 Å². The monoisotopic (exact) mass is 325 g/mol. The Labute approximate surface area is 117 Å². The number of hydrogen-bond donors (Lipinski definition) is 1. The minimum absolute atomic E-state index is 0.182. The molecule has 2 rings (SSSR count). The lowest BCUT2D eigenvalue weighted by Gasteiger charge is -2.09. The van der Waals surface area contributed by atoms with Crippen molar-refractivity contribution < 1.29 is 9.53 Å². The van der Waals surface area contributed by atoms with Crippen LogP contribution in [0.4, 0.5) is 10.5 Å². The van der Waals surface area contributed by atoms with Crippen LogP contribution in [0.15, 0.2) is 27.7 Å². The molecule has 0 saturated carbocycles. The highest BCUT2D eigenvalue weighted by Gasteiger charge is 2.11. The second kappa shape index (κ2) is 5.40. The molecular formula is C12H12BrN3O3. The number of aromatic nitrogens is 2. The van der Waals surface area contributed by atoms with Crippen LogP contribution >= 0.6 is 15.9 Å². The molecule has 1 amide bonds. The molecule has 19 heavy (non-hydrogen) atoms. The summed E-state index contributed by atoms with van der Waals surface area (Å²) in [6.07, 6.45) is 0.832. The number of anilines is 1. The molecule has 1 N–H and O–H groups in total. The van der Waals surface area contributed by atoms with Crippen molar-refractivity contribution in [3.05, 3.63) is 33.3 Å². The molecule has 1 aromatic carbocycles. The number of carbonyl (C=O) groups excluding carboxylic acids is 1. The second-order valence-corrected chi connectivity index (χ2v) is 4.77. The average molecular weight is 326 g/mol. The molecule has 1 aromatic heterocycles. The number of ether oxygens (including phenoxy) is 1. The van der Waals surface area contributed by atoms with Crippen LogP contribution in [0.5, 0.6) is 0 Å². The highest BCUT2D eigenvalue weighted by atomic mass is 79.9. The minimum atomic E-state index is -0.579. The maximum atomic E-state index is 12.0. The standard InChI is InChI=1S/C12H12BrN3O3/c1-3-19-12(18)15-9-5-7(13)4-8-10(9)14-6-16(2)11(8)17/h4-6H,3H2,1-2H3,(H,15,18). The number of hydrogen-bond acceptors (Lipinski definition) is 4. The molecular weight excluding hydrogens is 314 g/mol. The van der Waals surface area contributed by atoms with Gasteiger partial charge in [-0.2, -0.15) is 0 Å². The summed E-state index contributed by atoms with van der Waals surface area (Å²) in [4.78, 5) is 27.6. The normalized spacial score (nSPS) is 10.5. The van der Waals surface area contributed by atoms with Gasteiger partial charge in [-0.25, -0.2) is 9.78 Å². The van der Waals surface area contributed by atoms with Crippen LogP contribution in [0.25, 0.3) is 10.9 Å². The van der Waals surface area contributed by atoms with Crippen LogP contribution < -0.4 is 10.9 Å². The van der Waals surface area contributed by atoms with Crippen molar-refractivity contribution in [1.29, 1.82) is 0 Å². The van der Waals surface area contributed by atoms with Crippen molar-refractivity contribution in [2.24, 2.45) is 7.05 Å². The fraction of sp³-hybridized carbons (Fsp3) is 0.250. The number of rotatable bonds is 2. The Balaban J connectivity index is 2.58. The Morgan fingerprint density at radius 2 is 2.26 bits per heavy atom. The van der Waals surface area contributed by atoms with Gasteiger partial charge in [0.25, 0.3) is 5.56 Å². The molecule has 0 aliphatic rings. The van der Waals surface area contributed by atoms with E-state index in [-0.39, 0.29) is 12.2 Å². The van der Waals surface area contributed by atoms with Gasteiger partial charge in [-0.3, -0.25) is 10.1 Å². The van der Waals surface area contributed by atoms with Crippen molar-refractivity contribution in [3.63, 3.8) is 0 Å². The SMILES string of the molecule is CCOC(=O)Nc1cc(Br)cc2c(=O)n(C)cnc12. The topological polar surface area (TPSA) is 73.2 Å². The zero-order valence-electron chi connectivity index (χ0n) is 10.4. The average Bonchev–Trinajstić information content (AvgIpc) is 2.34. The minimum Gasteiger partial charge on any atom is -0.450 e. The molecule has 0 spiro atoms. The predicted molar refractivity (Wildman–Crippen MR) is 75.3 cm³/mol. The van der Waals surface area contributed by atoms with E-state index in [9.17, 15) is 9.59 Å². The zero-order valence-corrected chi connectivity index (χ0v) is 12.0. The molecule has 0 atom stereocenters. The van der Waals surface area contributed by atoms with E-state index < -0.39 is 6.09 Å². The van der Waals surface area contributed by atoms with E-state index in [1.165, 1.54) is 10.9 Å². The lowest BCUT2D eigenvalue weighted by atomic mass is 10.2. The van der Waals surface area contributed by atoms with Crippen LogP contribution in [0.2, 0.25) is 0 Å². The third-order valence-corrected chi connectivity index (χ3v) is 2.96. The van der Waals surface area contributed by atoms with Gasteiger partial charge in [0.1, 0.15) is 5.52 Å². The van der Waals surface area contributed by atoms with Gasteiger partial charge in [0.2, 0.25) is 0 Å². The van der Waals surface area contributed by atoms with E-state index in [0.717, 1.165) is 0 Å². The molecule has 0 unspecified atom stereocenters. The smallest absolute Gasteiger partial charge is 0.411 e. The molecule has 100 valence electrons. The van der Waals surface area contributed by atoms with Gasteiger partial charge in [0.05, 0.1) is 24.0 Å². The fourth-order valence-electron chi connectivity index (χ4n) is 1.66. The molecule has 0 aliphatic carbocycles. The molecule has 1 heterocycles. The lowest BCUT2D eigenvalue weighted by molar-refractivity contribution is 0.168. The highest BCUT2D eigenvalue weighted by Crippen LogP contribution is 2.24. The summed E-state index contributed by atoms with van der Waals surface area (Å²) in [6.45, 7) is 1.99. The van der Waals surface area contributed by atoms with Gasteiger partial charge in [-0.1, -0.05) is 15.9 Å². The molecule has 6 nitrogen and oxygen atoms in total. The van der Waals surface area contributed by atoms with Gasteiger partial charge >= 0.3 is 6.09 Å². The Hall–Kier alpha value is -1.89. The summed E-state index contributed by atoms with van der Waals surface area (Å²) in [7, 11) is 1.62. The molecule has 0 aliphatic heterocycles. The van der Waals surface area contributed by atoms with Crippen LogP contribution in [0, 0.1) is 0 Å². The van der Waals surface area contributed by atoms with Crippen molar-refractivity contribution in [3.8, 4) is 0 Å². The summed E-state index contributed by atoms with van der Waals surface area (Å²) in [6, 6.07) is 3.34. The molecule has 7 heteroatoms. The number of nitrogens with one attached hydrogen (secondary N) is 1. The van der Waals surface area contributed by atoms with Gasteiger partial charge in [0.15, 0.2) is 0 Å². The van der Waals surface area contributed by atoms with Crippen molar-refractivity contribution in [2.75, 3.05) is 11.9 Å². The number of nitrogens with zero attached hydrogens (tertiary/aromatic N) is 2. The third kappa shape index (κ3) is 2.76. The van der Waals surface area contributed by atoms with E-state index >= 15 is 0 Å². The van der Waals surface area contributed by atoms with E-state index in [1.807, 2.05) is 0 Å². The first-order valence-electron chi connectivity index (χ1n) is 5.61. The molecule has 0 fully saturated rings. The number of halogens is 1. The summed E-state index contributed by atoms with van der Waals surface area (Å²) in [5.41, 5.74) is 0.679. The molecule has 2 aromatic rings. The summed E-state index contributed by atoms with van der Waals surface area (Å²) < 4.78 is 6.87. The first-order chi connectivity index (χ1) is 9.02. The highest BCUT2D eigenvalue weighted by molar-refractivity contribution is 9.10. The van der Waals surface area contributed by atoms with Gasteiger partial charge in [0, 0.05) is 11.5 Å². The first-order valence-corrected chi connectivity index (χ1v) is 6.41. The van der Waals surface area contributed by atoms with E-state index in [1.54, 1.807) is 26.1 Å². The van der Waals surface area contributed by atoms with Gasteiger partial charge in [-0.15, -0.1) is 0 Å². The molecule has 0 bridgehead atoms. The fourth-order valence-corrected chi connectivity index (χ4v) is 2.12. The summed E-state index contributed by atoms with van der Waals surface area (Å²) >= 11 is 3.30. The van der Waals surface area contributed by atoms with E-state index in [0.29, 0.717) is 21.1 Å². The van der Waals surface area contributed by atoms with E-state index in [2.05, 4.69) is 26.2 Å². The second-order valence-electron chi connectivity index (χ2n) is 3.86.